The smallest absolute Gasteiger partial charge is 0.127 e. The molecule has 3 heteroatoms. The van der Waals surface area contributed by atoms with Gasteiger partial charge in [0, 0.05) is 28.7 Å². The van der Waals surface area contributed by atoms with E-state index in [4.69, 9.17) is 4.74 Å². The van der Waals surface area contributed by atoms with Gasteiger partial charge >= 0.3 is 0 Å². The fraction of sp³-hybridized carbons (Fsp3) is 0.294. The number of benzene rings is 2. The third kappa shape index (κ3) is 2.68. The minimum atomic E-state index is 0.782. The van der Waals surface area contributed by atoms with Crippen molar-refractivity contribution >= 4 is 21.6 Å². The molecular formula is C17H18BrNO. The molecule has 2 aromatic carbocycles. The Labute approximate surface area is 128 Å². The molecule has 0 saturated heterocycles. The Bertz CT molecular complexity index is 652. The zero-order valence-electron chi connectivity index (χ0n) is 11.8. The third-order valence-corrected chi connectivity index (χ3v) is 4.27. The summed E-state index contributed by atoms with van der Waals surface area (Å²) < 4.78 is 6.88. The summed E-state index contributed by atoms with van der Waals surface area (Å²) in [4.78, 5) is 0. The van der Waals surface area contributed by atoms with Crippen molar-refractivity contribution < 1.29 is 4.74 Å². The molecule has 1 heterocycles. The molecule has 1 aliphatic heterocycles. The normalized spacial score (nSPS) is 12.9. The molecule has 0 unspecified atom stereocenters. The fourth-order valence-corrected chi connectivity index (χ4v) is 3.08. The van der Waals surface area contributed by atoms with E-state index in [1.807, 2.05) is 0 Å². The van der Waals surface area contributed by atoms with Crippen LogP contribution < -0.4 is 10.1 Å². The van der Waals surface area contributed by atoms with Crippen LogP contribution in [-0.4, -0.2) is 6.61 Å². The quantitative estimate of drug-likeness (QED) is 0.886. The van der Waals surface area contributed by atoms with Crippen molar-refractivity contribution in [2.45, 2.75) is 26.8 Å². The molecule has 2 aromatic rings. The van der Waals surface area contributed by atoms with E-state index >= 15 is 0 Å². The van der Waals surface area contributed by atoms with Gasteiger partial charge in [0.2, 0.25) is 0 Å². The van der Waals surface area contributed by atoms with Gasteiger partial charge in [-0.2, -0.15) is 0 Å². The SMILES string of the molecule is Cc1ccc(NCc2cc(Br)cc3c2OCC3)cc1C. The van der Waals surface area contributed by atoms with Crippen molar-refractivity contribution in [3.8, 4) is 5.75 Å². The van der Waals surface area contributed by atoms with Crippen LogP contribution in [0.4, 0.5) is 5.69 Å². The Morgan fingerprint density at radius 1 is 1.15 bits per heavy atom. The summed E-state index contributed by atoms with van der Waals surface area (Å²) in [6, 6.07) is 10.8. The first-order valence-corrected chi connectivity index (χ1v) is 7.68. The minimum absolute atomic E-state index is 0.782. The topological polar surface area (TPSA) is 21.3 Å². The molecule has 0 amide bonds. The number of aryl methyl sites for hydroxylation is 2. The Balaban J connectivity index is 1.80. The van der Waals surface area contributed by atoms with E-state index < -0.39 is 0 Å². The molecule has 0 spiro atoms. The molecule has 104 valence electrons. The van der Waals surface area contributed by atoms with Crippen LogP contribution >= 0.6 is 15.9 Å². The predicted molar refractivity (Wildman–Crippen MR) is 86.6 cm³/mol. The van der Waals surface area contributed by atoms with Gasteiger partial charge in [0.1, 0.15) is 5.75 Å². The van der Waals surface area contributed by atoms with E-state index in [9.17, 15) is 0 Å². The third-order valence-electron chi connectivity index (χ3n) is 3.82. The van der Waals surface area contributed by atoms with Crippen LogP contribution in [0.25, 0.3) is 0 Å². The van der Waals surface area contributed by atoms with Gasteiger partial charge in [0.15, 0.2) is 0 Å². The lowest BCUT2D eigenvalue weighted by molar-refractivity contribution is 0.354. The molecule has 0 aliphatic carbocycles. The average Bonchev–Trinajstić information content (AvgIpc) is 2.88. The summed E-state index contributed by atoms with van der Waals surface area (Å²) in [7, 11) is 0. The summed E-state index contributed by atoms with van der Waals surface area (Å²) in [5.74, 6) is 1.06. The minimum Gasteiger partial charge on any atom is -0.493 e. The first-order valence-electron chi connectivity index (χ1n) is 6.89. The van der Waals surface area contributed by atoms with Gasteiger partial charge in [-0.15, -0.1) is 0 Å². The van der Waals surface area contributed by atoms with Crippen LogP contribution in [0, 0.1) is 13.8 Å². The van der Waals surface area contributed by atoms with Crippen molar-refractivity contribution in [2.75, 3.05) is 11.9 Å². The number of rotatable bonds is 3. The summed E-state index contributed by atoms with van der Waals surface area (Å²) >= 11 is 3.58. The van der Waals surface area contributed by atoms with Gasteiger partial charge in [-0.3, -0.25) is 0 Å². The Morgan fingerprint density at radius 2 is 2.00 bits per heavy atom. The van der Waals surface area contributed by atoms with Crippen LogP contribution in [-0.2, 0) is 13.0 Å². The van der Waals surface area contributed by atoms with E-state index in [1.165, 1.54) is 22.3 Å². The second-order valence-electron chi connectivity index (χ2n) is 5.30. The molecule has 1 aliphatic rings. The van der Waals surface area contributed by atoms with Gasteiger partial charge in [0.25, 0.3) is 0 Å². The van der Waals surface area contributed by atoms with Crippen molar-refractivity contribution in [1.29, 1.82) is 0 Å². The van der Waals surface area contributed by atoms with Crippen molar-refractivity contribution in [2.24, 2.45) is 0 Å². The van der Waals surface area contributed by atoms with Gasteiger partial charge in [-0.05, 0) is 54.8 Å². The van der Waals surface area contributed by atoms with Gasteiger partial charge in [0.05, 0.1) is 6.61 Å². The molecule has 1 N–H and O–H groups in total. The van der Waals surface area contributed by atoms with Gasteiger partial charge in [-0.25, -0.2) is 0 Å². The van der Waals surface area contributed by atoms with E-state index in [1.54, 1.807) is 0 Å². The summed E-state index contributed by atoms with van der Waals surface area (Å²) in [5.41, 5.74) is 6.30. The highest BCUT2D eigenvalue weighted by Gasteiger charge is 2.17. The van der Waals surface area contributed by atoms with Crippen molar-refractivity contribution in [1.82, 2.24) is 0 Å². The zero-order chi connectivity index (χ0) is 14.1. The number of hydrogen-bond acceptors (Lipinski definition) is 2. The highest BCUT2D eigenvalue weighted by molar-refractivity contribution is 9.10. The molecule has 0 fully saturated rings. The van der Waals surface area contributed by atoms with E-state index in [-0.39, 0.29) is 0 Å². The number of fused-ring (bicyclic) bond motifs is 1. The van der Waals surface area contributed by atoms with E-state index in [2.05, 4.69) is 65.4 Å². The van der Waals surface area contributed by atoms with E-state index in [0.29, 0.717) is 0 Å². The monoisotopic (exact) mass is 331 g/mol. The Morgan fingerprint density at radius 3 is 2.80 bits per heavy atom. The standard InChI is InChI=1S/C17H18BrNO/c1-11-3-4-16(7-12(11)2)19-10-14-9-15(18)8-13-5-6-20-17(13)14/h3-4,7-9,19H,5-6,10H2,1-2H3. The summed E-state index contributed by atoms with van der Waals surface area (Å²) in [5, 5.41) is 3.49. The summed E-state index contributed by atoms with van der Waals surface area (Å²) in [6.07, 6.45) is 1.01. The maximum absolute atomic E-state index is 5.76. The molecule has 0 radical (unpaired) electrons. The number of nitrogens with one attached hydrogen (secondary N) is 1. The van der Waals surface area contributed by atoms with Crippen LogP contribution in [0.5, 0.6) is 5.75 Å². The largest absolute Gasteiger partial charge is 0.493 e. The number of ether oxygens (including phenoxy) is 1. The molecule has 2 nitrogen and oxygen atoms in total. The molecule has 20 heavy (non-hydrogen) atoms. The zero-order valence-corrected chi connectivity index (χ0v) is 13.4. The van der Waals surface area contributed by atoms with E-state index in [0.717, 1.165) is 35.5 Å². The highest BCUT2D eigenvalue weighted by atomic mass is 79.9. The fourth-order valence-electron chi connectivity index (χ4n) is 2.53. The first-order chi connectivity index (χ1) is 9.63. The van der Waals surface area contributed by atoms with Crippen LogP contribution in [0.2, 0.25) is 0 Å². The average molecular weight is 332 g/mol. The number of halogens is 1. The lowest BCUT2D eigenvalue weighted by Gasteiger charge is -2.12. The molecule has 0 bridgehead atoms. The van der Waals surface area contributed by atoms with Crippen LogP contribution in [0.3, 0.4) is 0 Å². The van der Waals surface area contributed by atoms with Crippen molar-refractivity contribution in [3.63, 3.8) is 0 Å². The lowest BCUT2D eigenvalue weighted by atomic mass is 10.1. The second kappa shape index (κ2) is 5.49. The molecule has 0 atom stereocenters. The molecule has 3 rings (SSSR count). The van der Waals surface area contributed by atoms with Crippen LogP contribution in [0.1, 0.15) is 22.3 Å². The van der Waals surface area contributed by atoms with Crippen LogP contribution in [0.15, 0.2) is 34.8 Å². The lowest BCUT2D eigenvalue weighted by Crippen LogP contribution is -2.02. The predicted octanol–water partition coefficient (Wildman–Crippen LogP) is 4.61. The maximum Gasteiger partial charge on any atom is 0.127 e. The summed E-state index contributed by atoms with van der Waals surface area (Å²) in [6.45, 7) is 5.85. The first kappa shape index (κ1) is 13.5. The number of anilines is 1. The Kier molecular flexibility index (Phi) is 3.70. The number of hydrogen-bond donors (Lipinski definition) is 1. The highest BCUT2D eigenvalue weighted by Crippen LogP contribution is 2.33. The van der Waals surface area contributed by atoms with Gasteiger partial charge < -0.3 is 10.1 Å². The Hall–Kier alpha value is -1.48. The van der Waals surface area contributed by atoms with Gasteiger partial charge in [-0.1, -0.05) is 22.0 Å². The van der Waals surface area contributed by atoms with Crippen molar-refractivity contribution in [3.05, 3.63) is 57.1 Å². The molecule has 0 aromatic heterocycles. The molecule has 0 saturated carbocycles. The second-order valence-corrected chi connectivity index (χ2v) is 6.22. The maximum atomic E-state index is 5.76. The molecular weight excluding hydrogens is 314 g/mol.